The summed E-state index contributed by atoms with van der Waals surface area (Å²) < 4.78 is 25.0. The predicted molar refractivity (Wildman–Crippen MR) is 123 cm³/mol. The number of nitrogens with one attached hydrogen (secondary N) is 3. The van der Waals surface area contributed by atoms with Crippen LogP contribution in [-0.2, 0) is 21.2 Å². The minimum atomic E-state index is -3.25. The Bertz CT molecular complexity index is 1120. The first kappa shape index (κ1) is 22.0. The molecule has 168 valence electrons. The van der Waals surface area contributed by atoms with Crippen molar-refractivity contribution < 1.29 is 13.2 Å². The molecule has 0 radical (unpaired) electrons. The second kappa shape index (κ2) is 8.38. The van der Waals surface area contributed by atoms with E-state index in [9.17, 15) is 13.2 Å². The molecule has 0 fully saturated rings. The van der Waals surface area contributed by atoms with E-state index < -0.39 is 10.0 Å². The Hall–Kier alpha value is -2.20. The lowest BCUT2D eigenvalue weighted by Crippen LogP contribution is -2.54. The smallest absolute Gasteiger partial charge is 0.245 e. The number of rotatable bonds is 7. The van der Waals surface area contributed by atoms with Crippen molar-refractivity contribution in [3.63, 3.8) is 0 Å². The van der Waals surface area contributed by atoms with Gasteiger partial charge in [0.05, 0.1) is 12.2 Å². The zero-order valence-corrected chi connectivity index (χ0v) is 19.3. The zero-order valence-electron chi connectivity index (χ0n) is 18.5. The maximum Gasteiger partial charge on any atom is 0.245 e. The fraction of sp³-hybridized carbons (Fsp3) is 0.500. The van der Waals surface area contributed by atoms with Crippen LogP contribution in [0, 0.1) is 5.92 Å². The molecular weight excluding hydrogens is 414 g/mol. The molecular formula is C22H31N5O3S. The van der Waals surface area contributed by atoms with Gasteiger partial charge in [0.1, 0.15) is 0 Å². The van der Waals surface area contributed by atoms with Crippen molar-refractivity contribution in [2.24, 2.45) is 5.92 Å². The summed E-state index contributed by atoms with van der Waals surface area (Å²) in [4.78, 5) is 19.1. The number of hydrogen-bond donors (Lipinski definition) is 3. The molecule has 8 nitrogen and oxygen atoms in total. The Kier molecular flexibility index (Phi) is 5.95. The molecule has 1 aromatic heterocycles. The van der Waals surface area contributed by atoms with Gasteiger partial charge in [0.2, 0.25) is 15.9 Å². The van der Waals surface area contributed by atoms with E-state index in [-0.39, 0.29) is 30.5 Å². The van der Waals surface area contributed by atoms with Gasteiger partial charge in [-0.05, 0) is 50.1 Å². The molecule has 1 aliphatic carbocycles. The SMILES string of the molecule is CC(C)N(NCCNS(C)(=O)=O)C(=O)[C@@H]1C=C2c3cccc4[nH]cc(c34)CC2N(C)C1. The largest absolute Gasteiger partial charge is 0.361 e. The second-order valence-electron chi connectivity index (χ2n) is 8.81. The number of hydrogen-bond acceptors (Lipinski definition) is 5. The number of aromatic amines is 1. The number of carbonyl (C=O) groups is 1. The number of likely N-dealkylation sites (N-methyl/N-ethyl adjacent to an activating group) is 1. The van der Waals surface area contributed by atoms with Crippen LogP contribution in [0.15, 0.2) is 30.5 Å². The van der Waals surface area contributed by atoms with Gasteiger partial charge in [-0.25, -0.2) is 18.6 Å². The van der Waals surface area contributed by atoms with Crippen molar-refractivity contribution in [1.82, 2.24) is 25.0 Å². The first-order valence-electron chi connectivity index (χ1n) is 10.7. The average Bonchev–Trinajstić information content (AvgIpc) is 3.11. The Morgan fingerprint density at radius 2 is 2.10 bits per heavy atom. The Morgan fingerprint density at radius 3 is 2.81 bits per heavy atom. The Labute approximate surface area is 183 Å². The number of nitrogens with zero attached hydrogens (tertiary/aromatic N) is 2. The number of amides is 1. The Morgan fingerprint density at radius 1 is 1.32 bits per heavy atom. The van der Waals surface area contributed by atoms with Crippen LogP contribution in [0.4, 0.5) is 0 Å². The van der Waals surface area contributed by atoms with Gasteiger partial charge in [-0.1, -0.05) is 18.2 Å². The molecule has 1 aliphatic heterocycles. The molecule has 31 heavy (non-hydrogen) atoms. The quantitative estimate of drug-likeness (QED) is 0.441. The fourth-order valence-corrected chi connectivity index (χ4v) is 5.18. The van der Waals surface area contributed by atoms with E-state index in [1.165, 1.54) is 22.1 Å². The molecule has 2 aromatic rings. The maximum absolute atomic E-state index is 13.4. The molecule has 0 saturated carbocycles. The van der Waals surface area contributed by atoms with Gasteiger partial charge in [0.25, 0.3) is 0 Å². The van der Waals surface area contributed by atoms with Crippen molar-refractivity contribution in [2.75, 3.05) is 32.9 Å². The zero-order chi connectivity index (χ0) is 22.3. The highest BCUT2D eigenvalue weighted by Gasteiger charge is 2.37. The van der Waals surface area contributed by atoms with E-state index in [0.29, 0.717) is 13.1 Å². The summed E-state index contributed by atoms with van der Waals surface area (Å²) in [6, 6.07) is 6.50. The lowest BCUT2D eigenvalue weighted by atomic mass is 9.79. The minimum absolute atomic E-state index is 0.000744. The van der Waals surface area contributed by atoms with Crippen molar-refractivity contribution in [1.29, 1.82) is 0 Å². The number of H-pyrrole nitrogens is 1. The first-order chi connectivity index (χ1) is 14.7. The highest BCUT2D eigenvalue weighted by atomic mass is 32.2. The summed E-state index contributed by atoms with van der Waals surface area (Å²) in [6.45, 7) is 5.11. The van der Waals surface area contributed by atoms with Crippen LogP contribution in [0.3, 0.4) is 0 Å². The molecule has 1 unspecified atom stereocenters. The summed E-state index contributed by atoms with van der Waals surface area (Å²) in [7, 11) is -1.17. The van der Waals surface area contributed by atoms with Crippen LogP contribution in [-0.4, -0.2) is 74.2 Å². The van der Waals surface area contributed by atoms with E-state index in [0.717, 1.165) is 18.2 Å². The molecule has 2 atom stereocenters. The van der Waals surface area contributed by atoms with Crippen LogP contribution in [0.5, 0.6) is 0 Å². The number of carbonyl (C=O) groups excluding carboxylic acids is 1. The third kappa shape index (κ3) is 4.41. The van der Waals surface area contributed by atoms with Crippen LogP contribution < -0.4 is 10.1 Å². The fourth-order valence-electron chi connectivity index (χ4n) is 4.71. The molecule has 1 aromatic carbocycles. The summed E-state index contributed by atoms with van der Waals surface area (Å²) in [6.07, 6.45) is 6.30. The third-order valence-electron chi connectivity index (χ3n) is 6.11. The maximum atomic E-state index is 13.4. The molecule has 1 amide bonds. The van der Waals surface area contributed by atoms with Gasteiger partial charge in [0.15, 0.2) is 0 Å². The topological polar surface area (TPSA) is 97.5 Å². The van der Waals surface area contributed by atoms with Gasteiger partial charge in [-0.15, -0.1) is 0 Å². The van der Waals surface area contributed by atoms with Crippen LogP contribution in [0.1, 0.15) is 25.0 Å². The van der Waals surface area contributed by atoms with Gasteiger partial charge in [-0.2, -0.15) is 0 Å². The summed E-state index contributed by atoms with van der Waals surface area (Å²) >= 11 is 0. The predicted octanol–water partition coefficient (Wildman–Crippen LogP) is 1.33. The van der Waals surface area contributed by atoms with Crippen LogP contribution in [0.25, 0.3) is 16.5 Å². The third-order valence-corrected chi connectivity index (χ3v) is 6.84. The number of sulfonamides is 1. The number of aromatic nitrogens is 1. The summed E-state index contributed by atoms with van der Waals surface area (Å²) in [5.74, 6) is -0.274. The van der Waals surface area contributed by atoms with Gasteiger partial charge in [-0.3, -0.25) is 14.7 Å². The van der Waals surface area contributed by atoms with Crippen molar-refractivity contribution in [2.45, 2.75) is 32.4 Å². The lowest BCUT2D eigenvalue weighted by Gasteiger charge is -2.41. The first-order valence-corrected chi connectivity index (χ1v) is 12.6. The number of hydrazine groups is 1. The second-order valence-corrected chi connectivity index (χ2v) is 10.6. The minimum Gasteiger partial charge on any atom is -0.361 e. The van der Waals surface area contributed by atoms with E-state index in [1.54, 1.807) is 5.01 Å². The van der Waals surface area contributed by atoms with E-state index in [4.69, 9.17) is 0 Å². The molecule has 9 heteroatoms. The number of fused-ring (bicyclic) bond motifs is 2. The monoisotopic (exact) mass is 445 g/mol. The van der Waals surface area contributed by atoms with Gasteiger partial charge in [0, 0.05) is 48.8 Å². The van der Waals surface area contributed by atoms with Crippen LogP contribution >= 0.6 is 0 Å². The summed E-state index contributed by atoms with van der Waals surface area (Å²) in [5.41, 5.74) is 7.99. The van der Waals surface area contributed by atoms with Crippen molar-refractivity contribution in [3.05, 3.63) is 41.6 Å². The molecule has 2 aliphatic rings. The van der Waals surface area contributed by atoms with E-state index in [1.807, 2.05) is 13.8 Å². The Balaban J connectivity index is 1.57. The number of benzene rings is 1. The molecule has 0 saturated heterocycles. The van der Waals surface area contributed by atoms with E-state index in [2.05, 4.69) is 57.6 Å². The molecule has 2 heterocycles. The highest BCUT2D eigenvalue weighted by Crippen LogP contribution is 2.40. The molecule has 0 bridgehead atoms. The van der Waals surface area contributed by atoms with Gasteiger partial charge < -0.3 is 4.98 Å². The van der Waals surface area contributed by atoms with Crippen molar-refractivity contribution >= 4 is 32.4 Å². The standard InChI is InChI=1S/C22H31N5O3S/c1-14(2)27(24-8-9-25-31(4,29)30)22(28)16-10-18-17-6-5-7-19-21(17)15(12-23-19)11-20(18)26(3)13-16/h5-7,10,12,14,16,20,23-25H,8-9,11,13H2,1-4H3/t16-,20?/m1/s1. The van der Waals surface area contributed by atoms with Crippen molar-refractivity contribution in [3.8, 4) is 0 Å². The van der Waals surface area contributed by atoms with E-state index >= 15 is 0 Å². The average molecular weight is 446 g/mol. The van der Waals surface area contributed by atoms with Gasteiger partial charge >= 0.3 is 0 Å². The molecule has 4 rings (SSSR count). The highest BCUT2D eigenvalue weighted by molar-refractivity contribution is 7.88. The molecule has 0 spiro atoms. The van der Waals surface area contributed by atoms with Crippen LogP contribution in [0.2, 0.25) is 0 Å². The lowest BCUT2D eigenvalue weighted by molar-refractivity contribution is -0.140. The normalized spacial score (nSPS) is 21.3. The summed E-state index contributed by atoms with van der Waals surface area (Å²) in [5, 5.41) is 2.89. The molecule has 3 N–H and O–H groups in total.